The minimum absolute atomic E-state index is 0.00378. The fourth-order valence-electron chi connectivity index (χ4n) is 45.0. The van der Waals surface area contributed by atoms with Crippen molar-refractivity contribution in [3.8, 4) is 0 Å². The van der Waals surface area contributed by atoms with Crippen LogP contribution >= 0.6 is 0 Å². The number of carboxylic acid groups (broad SMARTS) is 5. The number of aliphatic carboxylic acids is 5. The number of hydrogen-bond donors (Lipinski definition) is 15. The largest absolute Gasteiger partial charge is 0.481 e. The first kappa shape index (κ1) is 102. The van der Waals surface area contributed by atoms with Crippen LogP contribution in [0, 0.1) is 261 Å². The lowest BCUT2D eigenvalue weighted by Crippen LogP contribution is -2.62. The molecule has 20 aliphatic carbocycles. The molecule has 0 unspecified atom stereocenters. The molecule has 20 nitrogen and oxygen atoms in total. The van der Waals surface area contributed by atoms with Crippen LogP contribution in [0.25, 0.3) is 0 Å². The Balaban J connectivity index is 0.000000143. The van der Waals surface area contributed by atoms with Crippen LogP contribution in [0.3, 0.4) is 0 Å². The summed E-state index contributed by atoms with van der Waals surface area (Å²) >= 11 is 0. The lowest BCUT2D eigenvalue weighted by atomic mass is 9.41. The summed E-state index contributed by atoms with van der Waals surface area (Å²) in [6.07, 6.45) is 21.6. The molecule has 20 saturated carbocycles. The molecule has 55 atom stereocenters. The van der Waals surface area contributed by atoms with Crippen molar-refractivity contribution in [2.75, 3.05) is 0 Å². The van der Waals surface area contributed by atoms with Crippen molar-refractivity contribution in [1.82, 2.24) is 0 Å². The van der Waals surface area contributed by atoms with Crippen molar-refractivity contribution in [2.45, 2.75) is 520 Å². The van der Waals surface area contributed by atoms with Crippen molar-refractivity contribution < 1.29 is 118 Å². The van der Waals surface area contributed by atoms with E-state index in [0.29, 0.717) is 112 Å². The van der Waals surface area contributed by atoms with Crippen LogP contribution in [0.1, 0.15) is 477 Å². The molecule has 0 aliphatic heterocycles. The van der Waals surface area contributed by atoms with Gasteiger partial charge in [0.1, 0.15) is 0 Å². The van der Waals surface area contributed by atoms with Crippen molar-refractivity contribution in [2.24, 2.45) is 261 Å². The van der Waals surface area contributed by atoms with Gasteiger partial charge < -0.3 is 76.6 Å². The first-order valence-corrected chi connectivity index (χ1v) is 61.9. The fraction of sp³-hybridized carbons (Fsp3) is 0.962. The maximum absolute atomic E-state index is 12.0. The average Bonchev–Trinajstić information content (AvgIpc) is 1.53. The summed E-state index contributed by atoms with van der Waals surface area (Å²) in [6.45, 7) is 39.2. The number of rotatable bonds is 25. The van der Waals surface area contributed by atoms with Gasteiger partial charge in [-0.3, -0.25) is 24.0 Å². The maximum Gasteiger partial charge on any atom is 0.303 e. The molecule has 15 N–H and O–H groups in total. The predicted molar refractivity (Wildman–Crippen MR) is 589 cm³/mol. The number of hydrogen-bond acceptors (Lipinski definition) is 15. The molecule has 0 radical (unpaired) electrons. The van der Waals surface area contributed by atoms with Gasteiger partial charge in [0.2, 0.25) is 0 Å². The van der Waals surface area contributed by atoms with E-state index in [2.05, 4.69) is 111 Å². The molecule has 150 heavy (non-hydrogen) atoms. The van der Waals surface area contributed by atoms with E-state index in [0.717, 1.165) is 205 Å². The Bertz CT molecular complexity index is 5200. The highest BCUT2D eigenvalue weighted by Gasteiger charge is 2.73. The minimum Gasteiger partial charge on any atom is -0.481 e. The second-order valence-electron chi connectivity index (χ2n) is 58.4. The van der Waals surface area contributed by atoms with Crippen molar-refractivity contribution in [1.29, 1.82) is 0 Å². The van der Waals surface area contributed by atoms with Crippen LogP contribution in [0.5, 0.6) is 0 Å². The first-order chi connectivity index (χ1) is 75.2. The topological polar surface area (TPSA) is 389 Å². The van der Waals surface area contributed by atoms with Gasteiger partial charge in [-0.15, -0.1) is 0 Å². The third-order valence-electron chi connectivity index (χ3n) is 52.6. The summed E-state index contributed by atoms with van der Waals surface area (Å²) in [4.78, 5) is 56.1. The van der Waals surface area contributed by atoms with Gasteiger partial charge >= 0.3 is 29.8 Å². The molecule has 0 aromatic rings. The molecule has 0 aromatic heterocycles. The third-order valence-corrected chi connectivity index (χ3v) is 52.6. The van der Waals surface area contributed by atoms with Gasteiger partial charge in [-0.25, -0.2) is 0 Å². The van der Waals surface area contributed by atoms with Crippen LogP contribution in [0.2, 0.25) is 0 Å². The maximum atomic E-state index is 12.0. The zero-order valence-electron chi connectivity index (χ0n) is 109. The van der Waals surface area contributed by atoms with Crippen molar-refractivity contribution in [3.05, 3.63) is 0 Å². The highest BCUT2D eigenvalue weighted by molar-refractivity contribution is 5.68. The molecule has 0 spiro atoms. The Kier molecular flexibility index (Phi) is 31.7. The molecular weight excluding hydrogens is 1880 g/mol. The van der Waals surface area contributed by atoms with Gasteiger partial charge in [-0.1, -0.05) is 170 Å². The van der Waals surface area contributed by atoms with E-state index in [1.165, 1.54) is 6.92 Å². The molecular formula is C130H220O20. The quantitative estimate of drug-likeness (QED) is 0.0404. The van der Waals surface area contributed by atoms with E-state index in [1.54, 1.807) is 0 Å². The molecule has 20 fully saturated rings. The molecule has 0 saturated heterocycles. The molecule has 20 heteroatoms. The van der Waals surface area contributed by atoms with Gasteiger partial charge in [-0.2, -0.15) is 0 Å². The van der Waals surface area contributed by atoms with E-state index in [4.69, 9.17) is 14.7 Å². The van der Waals surface area contributed by atoms with Crippen molar-refractivity contribution >= 4 is 29.8 Å². The Hall–Kier alpha value is -3.05. The van der Waals surface area contributed by atoms with Crippen LogP contribution in [-0.2, 0) is 24.0 Å². The molecule has 0 bridgehead atoms. The Labute approximate surface area is 925 Å². The Morgan fingerprint density at radius 3 is 0.687 bits per heavy atom. The highest BCUT2D eigenvalue weighted by atomic mass is 16.4. The van der Waals surface area contributed by atoms with Crippen molar-refractivity contribution in [3.63, 3.8) is 0 Å². The van der Waals surface area contributed by atoms with E-state index in [9.17, 15) is 104 Å². The van der Waals surface area contributed by atoms with E-state index < -0.39 is 116 Å². The van der Waals surface area contributed by atoms with Crippen LogP contribution in [0.4, 0.5) is 0 Å². The number of aliphatic hydroxyl groups is 10. The van der Waals surface area contributed by atoms with Crippen LogP contribution in [0.15, 0.2) is 0 Å². The molecule has 20 aliphatic rings. The van der Waals surface area contributed by atoms with E-state index in [-0.39, 0.29) is 247 Å². The monoisotopic (exact) mass is 2110 g/mol. The SMILES string of the molecule is [2H]C([2H])(C)[C@@H]1[C@@H]2C[C@H](O)CC[C@]2(C)[C@H]2CC[C@]3(C)[C@@H]([C@H](C)CCC(=O)O)CC[C@H]3[C@@H]2[C@]1([2H])O.[2H]C([2H])(C[C@@H](C)[C@H]1CC[C@H]2[C@H]3[C@H](CC[C@]12C)[C@@]1(C)CC[C@@H](O)C[C@H]1[C@@H](CC)[C@@]3([2H])O)C(=O)O.[2H]C([2H])([2H])C[C@@H]1[C@@H]2C[C@H](O)CC[C@]2(C)[C@H]2CC[C@]3(C)[C@@H]([C@H](C)CCC(=O)O)CC[C@H]3[C@@H]2[C@]1([2H])O.[2H][C@]1(O)[C@@H]2[C@H](CC[C@]3(C)[C@@H]([C@H](C)CCC(=O)O)CC[C@@H]23)[C@@]2(C)CC[C@@H](O)C[C@H]2[C@H]1CC.[2H][C@]1(O)[C@@H]2[C@H](CC[C@]3(C)[C@@H]([C@H](C)CCC(=O)O)CC[C@@H]23)[C@@]2(C)CC[C@@H](O)C[C@H]2[C@]1([2H])CC. The van der Waals surface area contributed by atoms with Gasteiger partial charge in [0, 0.05) is 43.0 Å². The van der Waals surface area contributed by atoms with Gasteiger partial charge in [0.05, 0.1) is 67.8 Å². The highest BCUT2D eigenvalue weighted by Crippen LogP contribution is 2.78. The van der Waals surface area contributed by atoms with Gasteiger partial charge in [0.25, 0.3) is 0 Å². The molecule has 0 amide bonds. The zero-order chi connectivity index (χ0) is 121. The van der Waals surface area contributed by atoms with Gasteiger partial charge in [0.15, 0.2) is 0 Å². The lowest BCUT2D eigenvalue weighted by molar-refractivity contribution is -0.203. The molecule has 0 aromatic carbocycles. The molecule has 860 valence electrons. The summed E-state index contributed by atoms with van der Waals surface area (Å²) in [7, 11) is 0. The zero-order valence-corrected chi connectivity index (χ0v) is 96.2. The number of carbonyl (C=O) groups is 5. The number of aliphatic hydroxyl groups excluding tert-OH is 5. The number of fused-ring (bicyclic) bond motifs is 25. The summed E-state index contributed by atoms with van der Waals surface area (Å²) in [5.41, 5.74) is -0.517. The second-order valence-corrected chi connectivity index (χ2v) is 58.4. The Morgan fingerprint density at radius 1 is 0.253 bits per heavy atom. The van der Waals surface area contributed by atoms with E-state index in [1.807, 2.05) is 13.8 Å². The second kappa shape index (κ2) is 46.4. The van der Waals surface area contributed by atoms with E-state index >= 15 is 0 Å². The van der Waals surface area contributed by atoms with Crippen LogP contribution in [-0.4, -0.2) is 167 Å². The predicted octanol–water partition coefficient (Wildman–Crippen LogP) is 25.6. The summed E-state index contributed by atoms with van der Waals surface area (Å²) in [6, 6.07) is 0. The fourth-order valence-corrected chi connectivity index (χ4v) is 45.0. The smallest absolute Gasteiger partial charge is 0.303 e. The summed E-state index contributed by atoms with van der Waals surface area (Å²) in [5, 5.41) is 158. The molecule has 20 rings (SSSR count). The number of carboxylic acids is 5. The first-order valence-electron chi connectivity index (χ1n) is 68.4. The Morgan fingerprint density at radius 2 is 0.460 bits per heavy atom. The normalized spacial score (nSPS) is 56.0. The average molecular weight is 2120 g/mol. The minimum atomic E-state index is -2.24. The summed E-state index contributed by atoms with van der Waals surface area (Å²) < 4.78 is 113. The standard InChI is InChI=1S/5C26H44O4/c5*1-5-17-21-14-16(27)10-12-26(21,4)20-11-13-25(3)18(15(2)6-9-22(28)29)7-8-19(25)23(20)24(17)30/h5*15-21,23-24,27,30H,5-14H2,1-4H3,(H,28,29)/t15-,16-,17+,18-,19+,20+,21+,23+,24-,25-,26-;4*15-,16-,17-,18-,19+,20+,21+,23+,24-,25-,26-/m11111/s1/i17D,24D;9D2,24D;5D2,24D;1D3,24D;24D. The van der Waals surface area contributed by atoms with Gasteiger partial charge in [-0.05, 0) is 518 Å². The third kappa shape index (κ3) is 21.1. The van der Waals surface area contributed by atoms with Crippen LogP contribution < -0.4 is 0 Å². The summed E-state index contributed by atoms with van der Waals surface area (Å²) in [5.74, 6) is -3.44. The lowest BCUT2D eigenvalue weighted by Gasteiger charge is -2.64. The molecule has 0 heterocycles.